The van der Waals surface area contributed by atoms with E-state index < -0.39 is 0 Å². The van der Waals surface area contributed by atoms with Gasteiger partial charge in [0.2, 0.25) is 0 Å². The van der Waals surface area contributed by atoms with Crippen LogP contribution >= 0.6 is 11.6 Å². The summed E-state index contributed by atoms with van der Waals surface area (Å²) in [4.78, 5) is 0. The molecule has 0 aliphatic rings. The standard InChI is InChI=1S/C30H21Cl/c31-27-20-28(23-13-6-2-7-14-23)30(24-15-8-3-9-16-24)29(21-27)26-18-10-17-25(19-26)22-11-4-1-5-12-22/h1-21H. The van der Waals surface area contributed by atoms with Crippen LogP contribution in [0.5, 0.6) is 0 Å². The van der Waals surface area contributed by atoms with Crippen LogP contribution in [0.2, 0.25) is 5.02 Å². The predicted octanol–water partition coefficient (Wildman–Crippen LogP) is 9.01. The van der Waals surface area contributed by atoms with Crippen LogP contribution in [0, 0.1) is 0 Å². The summed E-state index contributed by atoms with van der Waals surface area (Å²) in [5, 5.41) is 0.735. The van der Waals surface area contributed by atoms with Crippen molar-refractivity contribution < 1.29 is 0 Å². The minimum absolute atomic E-state index is 0.735. The van der Waals surface area contributed by atoms with Gasteiger partial charge in [-0.05, 0) is 62.7 Å². The molecule has 0 nitrogen and oxygen atoms in total. The smallest absolute Gasteiger partial charge is 0.0418 e. The molecule has 1 heteroatoms. The summed E-state index contributed by atoms with van der Waals surface area (Å²) in [6, 6.07) is 44.4. The average Bonchev–Trinajstić information content (AvgIpc) is 2.85. The molecule has 0 saturated heterocycles. The second-order valence-electron chi connectivity index (χ2n) is 7.55. The van der Waals surface area contributed by atoms with Gasteiger partial charge in [0.25, 0.3) is 0 Å². The molecule has 0 aromatic heterocycles. The molecule has 0 bridgehead atoms. The zero-order valence-electron chi connectivity index (χ0n) is 17.0. The highest BCUT2D eigenvalue weighted by Gasteiger charge is 2.16. The Bertz CT molecular complexity index is 1310. The molecule has 0 aliphatic heterocycles. The fourth-order valence-electron chi connectivity index (χ4n) is 4.09. The molecule has 5 aromatic rings. The summed E-state index contributed by atoms with van der Waals surface area (Å²) in [6.07, 6.45) is 0. The average molecular weight is 417 g/mol. The molecule has 5 rings (SSSR count). The van der Waals surface area contributed by atoms with E-state index in [0.29, 0.717) is 0 Å². The van der Waals surface area contributed by atoms with Crippen molar-refractivity contribution >= 4 is 11.6 Å². The Balaban J connectivity index is 1.78. The lowest BCUT2D eigenvalue weighted by Gasteiger charge is -2.18. The molecule has 0 heterocycles. The maximum Gasteiger partial charge on any atom is 0.0418 e. The van der Waals surface area contributed by atoms with Crippen LogP contribution in [0.3, 0.4) is 0 Å². The van der Waals surface area contributed by atoms with Gasteiger partial charge in [0.15, 0.2) is 0 Å². The van der Waals surface area contributed by atoms with Gasteiger partial charge in [-0.25, -0.2) is 0 Å². The summed E-state index contributed by atoms with van der Waals surface area (Å²) in [7, 11) is 0. The quantitative estimate of drug-likeness (QED) is 0.274. The highest BCUT2D eigenvalue weighted by Crippen LogP contribution is 2.42. The number of benzene rings is 5. The first kappa shape index (κ1) is 19.4. The zero-order valence-corrected chi connectivity index (χ0v) is 17.8. The van der Waals surface area contributed by atoms with Crippen molar-refractivity contribution in [2.24, 2.45) is 0 Å². The molecule has 0 radical (unpaired) electrons. The lowest BCUT2D eigenvalue weighted by Crippen LogP contribution is -1.91. The second-order valence-corrected chi connectivity index (χ2v) is 7.99. The molecule has 0 unspecified atom stereocenters. The molecular formula is C30H21Cl. The van der Waals surface area contributed by atoms with E-state index >= 15 is 0 Å². The van der Waals surface area contributed by atoms with Crippen molar-refractivity contribution in [2.45, 2.75) is 0 Å². The Morgan fingerprint density at radius 1 is 0.355 bits per heavy atom. The second kappa shape index (κ2) is 8.63. The molecule has 0 saturated carbocycles. The lowest BCUT2D eigenvalue weighted by molar-refractivity contribution is 1.55. The van der Waals surface area contributed by atoms with Gasteiger partial charge in [0, 0.05) is 5.02 Å². The van der Waals surface area contributed by atoms with Crippen LogP contribution in [-0.4, -0.2) is 0 Å². The Hall–Kier alpha value is -3.61. The molecule has 0 aliphatic carbocycles. The largest absolute Gasteiger partial charge is 0.0843 e. The van der Waals surface area contributed by atoms with E-state index in [9.17, 15) is 0 Å². The highest BCUT2D eigenvalue weighted by molar-refractivity contribution is 6.31. The van der Waals surface area contributed by atoms with Gasteiger partial charge in [-0.3, -0.25) is 0 Å². The van der Waals surface area contributed by atoms with Crippen LogP contribution in [0.1, 0.15) is 0 Å². The van der Waals surface area contributed by atoms with E-state index in [2.05, 4.69) is 115 Å². The maximum absolute atomic E-state index is 6.67. The van der Waals surface area contributed by atoms with Gasteiger partial charge in [-0.2, -0.15) is 0 Å². The molecule has 0 spiro atoms. The summed E-state index contributed by atoms with van der Waals surface area (Å²) in [5.41, 5.74) is 9.35. The van der Waals surface area contributed by atoms with E-state index in [1.165, 1.54) is 22.3 Å². The molecular weight excluding hydrogens is 396 g/mol. The van der Waals surface area contributed by atoms with E-state index in [-0.39, 0.29) is 0 Å². The van der Waals surface area contributed by atoms with Crippen molar-refractivity contribution in [3.8, 4) is 44.5 Å². The van der Waals surface area contributed by atoms with E-state index in [1.807, 2.05) is 12.1 Å². The van der Waals surface area contributed by atoms with E-state index in [1.54, 1.807) is 0 Å². The molecule has 5 aromatic carbocycles. The monoisotopic (exact) mass is 416 g/mol. The van der Waals surface area contributed by atoms with Crippen LogP contribution in [-0.2, 0) is 0 Å². The van der Waals surface area contributed by atoms with Crippen LogP contribution in [0.15, 0.2) is 127 Å². The lowest BCUT2D eigenvalue weighted by atomic mass is 9.87. The Labute approximate surface area is 188 Å². The van der Waals surface area contributed by atoms with Crippen molar-refractivity contribution in [3.63, 3.8) is 0 Å². The zero-order chi connectivity index (χ0) is 21.0. The molecule has 0 N–H and O–H groups in total. The molecule has 148 valence electrons. The number of hydrogen-bond donors (Lipinski definition) is 0. The minimum atomic E-state index is 0.735. The Morgan fingerprint density at radius 3 is 1.42 bits per heavy atom. The number of hydrogen-bond acceptors (Lipinski definition) is 0. The van der Waals surface area contributed by atoms with Gasteiger partial charge < -0.3 is 0 Å². The maximum atomic E-state index is 6.67. The first-order valence-electron chi connectivity index (χ1n) is 10.4. The topological polar surface area (TPSA) is 0 Å². The van der Waals surface area contributed by atoms with Crippen LogP contribution in [0.4, 0.5) is 0 Å². The van der Waals surface area contributed by atoms with Gasteiger partial charge in [0.1, 0.15) is 0 Å². The van der Waals surface area contributed by atoms with Crippen LogP contribution < -0.4 is 0 Å². The Morgan fingerprint density at radius 2 is 0.806 bits per heavy atom. The van der Waals surface area contributed by atoms with E-state index in [0.717, 1.165) is 27.3 Å². The normalized spacial score (nSPS) is 10.7. The van der Waals surface area contributed by atoms with Gasteiger partial charge in [0.05, 0.1) is 0 Å². The molecule has 0 fully saturated rings. The van der Waals surface area contributed by atoms with Gasteiger partial charge in [-0.15, -0.1) is 0 Å². The fourth-order valence-corrected chi connectivity index (χ4v) is 4.31. The predicted molar refractivity (Wildman–Crippen MR) is 133 cm³/mol. The molecule has 0 amide bonds. The first-order valence-corrected chi connectivity index (χ1v) is 10.8. The fraction of sp³-hybridized carbons (Fsp3) is 0. The summed E-state index contributed by atoms with van der Waals surface area (Å²) < 4.78 is 0. The molecule has 0 atom stereocenters. The highest BCUT2D eigenvalue weighted by atomic mass is 35.5. The third-order valence-corrected chi connectivity index (χ3v) is 5.75. The first-order chi connectivity index (χ1) is 15.3. The third-order valence-electron chi connectivity index (χ3n) is 5.53. The van der Waals surface area contributed by atoms with Crippen LogP contribution in [0.25, 0.3) is 44.5 Å². The van der Waals surface area contributed by atoms with Gasteiger partial charge >= 0.3 is 0 Å². The SMILES string of the molecule is Clc1cc(-c2ccccc2)c(-c2ccccc2)c(-c2cccc(-c3ccccc3)c2)c1. The van der Waals surface area contributed by atoms with Gasteiger partial charge in [-0.1, -0.05) is 121 Å². The summed E-state index contributed by atoms with van der Waals surface area (Å²) >= 11 is 6.67. The Kier molecular flexibility index (Phi) is 5.39. The third kappa shape index (κ3) is 4.03. The van der Waals surface area contributed by atoms with Crippen molar-refractivity contribution in [2.75, 3.05) is 0 Å². The summed E-state index contributed by atoms with van der Waals surface area (Å²) in [6.45, 7) is 0. The summed E-state index contributed by atoms with van der Waals surface area (Å²) in [5.74, 6) is 0. The number of halogens is 1. The van der Waals surface area contributed by atoms with E-state index in [4.69, 9.17) is 11.6 Å². The number of rotatable bonds is 4. The minimum Gasteiger partial charge on any atom is -0.0843 e. The van der Waals surface area contributed by atoms with Crippen molar-refractivity contribution in [1.29, 1.82) is 0 Å². The van der Waals surface area contributed by atoms with Crippen molar-refractivity contribution in [3.05, 3.63) is 132 Å². The van der Waals surface area contributed by atoms with Crippen molar-refractivity contribution in [1.82, 2.24) is 0 Å². The molecule has 31 heavy (non-hydrogen) atoms.